The first-order valence-electron chi connectivity index (χ1n) is 13.9. The summed E-state index contributed by atoms with van der Waals surface area (Å²) in [5, 5.41) is 44.7. The SMILES string of the molecule is CC1(C)CC2C3=CCC4C5(C)CCC(=O)C(C)(C)C5CCC4(C)C3(C)CC(O)C2(CO)C(O)C1O. The number of ketones is 1. The van der Waals surface area contributed by atoms with Crippen LogP contribution in [0, 0.1) is 50.2 Å². The molecule has 0 heterocycles. The summed E-state index contributed by atoms with van der Waals surface area (Å²) in [5.41, 5.74) is -0.926. The fraction of sp³-hybridized carbons (Fsp3) is 0.900. The normalized spacial score (nSPS) is 54.6. The molecule has 0 radical (unpaired) electrons. The Bertz CT molecular complexity index is 952. The molecule has 4 N–H and O–H groups in total. The number of fused-ring (bicyclic) bond motifs is 7. The third-order valence-corrected chi connectivity index (χ3v) is 13.2. The molecule has 5 nitrogen and oxygen atoms in total. The van der Waals surface area contributed by atoms with Crippen LogP contribution in [0.5, 0.6) is 0 Å². The minimum absolute atomic E-state index is 0.0491. The van der Waals surface area contributed by atoms with Crippen LogP contribution in [0.4, 0.5) is 0 Å². The Labute approximate surface area is 211 Å². The third-order valence-electron chi connectivity index (χ3n) is 13.2. The van der Waals surface area contributed by atoms with E-state index in [1.54, 1.807) is 0 Å². The molecule has 0 bridgehead atoms. The maximum atomic E-state index is 12.9. The molecule has 0 amide bonds. The highest BCUT2D eigenvalue weighted by molar-refractivity contribution is 5.85. The second-order valence-corrected chi connectivity index (χ2v) is 15.1. The Morgan fingerprint density at radius 3 is 2.20 bits per heavy atom. The molecule has 10 unspecified atom stereocenters. The zero-order valence-electron chi connectivity index (χ0n) is 22.9. The Balaban J connectivity index is 1.64. The lowest BCUT2D eigenvalue weighted by atomic mass is 9.33. The number of hydrogen-bond donors (Lipinski definition) is 4. The standard InChI is InChI=1S/C30H48O5/c1-25(2)14-18-17-8-9-20-27(5)12-11-21(32)26(3,4)19(27)10-13-28(20,6)29(17,7)15-22(33)30(18,16-31)24(35)23(25)34/h8,18-20,22-24,31,33-35H,9-16H2,1-7H3. The van der Waals surface area contributed by atoms with Gasteiger partial charge in [0.15, 0.2) is 0 Å². The van der Waals surface area contributed by atoms with Gasteiger partial charge in [0.25, 0.3) is 0 Å². The van der Waals surface area contributed by atoms with E-state index in [1.807, 2.05) is 13.8 Å². The fourth-order valence-corrected chi connectivity index (χ4v) is 10.7. The van der Waals surface area contributed by atoms with E-state index in [4.69, 9.17) is 0 Å². The van der Waals surface area contributed by atoms with E-state index in [2.05, 4.69) is 40.7 Å². The zero-order chi connectivity index (χ0) is 26.0. The number of carbonyl (C=O) groups is 1. The maximum absolute atomic E-state index is 12.9. The highest BCUT2D eigenvalue weighted by Gasteiger charge is 2.72. The highest BCUT2D eigenvalue weighted by atomic mass is 16.3. The lowest BCUT2D eigenvalue weighted by Crippen LogP contribution is -2.71. The summed E-state index contributed by atoms with van der Waals surface area (Å²) < 4.78 is 0. The summed E-state index contributed by atoms with van der Waals surface area (Å²) in [5.74, 6) is 1.00. The predicted octanol–water partition coefficient (Wildman–Crippen LogP) is 4.26. The number of hydrogen-bond acceptors (Lipinski definition) is 5. The molecule has 0 aromatic heterocycles. The van der Waals surface area contributed by atoms with Crippen molar-refractivity contribution in [2.75, 3.05) is 6.61 Å². The Morgan fingerprint density at radius 1 is 0.914 bits per heavy atom. The van der Waals surface area contributed by atoms with Crippen LogP contribution in [0.25, 0.3) is 0 Å². The van der Waals surface area contributed by atoms with Crippen LogP contribution in [-0.4, -0.2) is 51.1 Å². The maximum Gasteiger partial charge on any atom is 0.138 e. The summed E-state index contributed by atoms with van der Waals surface area (Å²) >= 11 is 0. The van der Waals surface area contributed by atoms with Gasteiger partial charge in [0.1, 0.15) is 5.78 Å². The van der Waals surface area contributed by atoms with E-state index in [1.165, 1.54) is 5.57 Å². The van der Waals surface area contributed by atoms with Crippen molar-refractivity contribution in [3.63, 3.8) is 0 Å². The van der Waals surface area contributed by atoms with Gasteiger partial charge in [-0.1, -0.05) is 60.1 Å². The summed E-state index contributed by atoms with van der Waals surface area (Å²) in [6, 6.07) is 0. The first-order valence-corrected chi connectivity index (χ1v) is 13.9. The van der Waals surface area contributed by atoms with Crippen molar-refractivity contribution in [1.29, 1.82) is 0 Å². The molecule has 5 aliphatic rings. The van der Waals surface area contributed by atoms with Gasteiger partial charge in [-0.2, -0.15) is 0 Å². The number of rotatable bonds is 1. The topological polar surface area (TPSA) is 98.0 Å². The second-order valence-electron chi connectivity index (χ2n) is 15.1. The van der Waals surface area contributed by atoms with Crippen LogP contribution >= 0.6 is 0 Å². The number of aliphatic hydroxyl groups excluding tert-OH is 4. The monoisotopic (exact) mass is 488 g/mol. The Morgan fingerprint density at radius 2 is 1.57 bits per heavy atom. The molecule has 10 atom stereocenters. The fourth-order valence-electron chi connectivity index (χ4n) is 10.7. The van der Waals surface area contributed by atoms with Crippen molar-refractivity contribution in [3.05, 3.63) is 11.6 Å². The Kier molecular flexibility index (Phi) is 5.49. The molecular formula is C30H48O5. The van der Waals surface area contributed by atoms with E-state index >= 15 is 0 Å². The average Bonchev–Trinajstić information content (AvgIpc) is 2.76. The van der Waals surface area contributed by atoms with Crippen molar-refractivity contribution in [3.8, 4) is 0 Å². The van der Waals surface area contributed by atoms with Crippen molar-refractivity contribution >= 4 is 5.78 Å². The van der Waals surface area contributed by atoms with Gasteiger partial charge in [0.05, 0.1) is 30.3 Å². The minimum atomic E-state index is -1.18. The minimum Gasteiger partial charge on any atom is -0.396 e. The van der Waals surface area contributed by atoms with Crippen molar-refractivity contribution in [2.24, 2.45) is 50.2 Å². The van der Waals surface area contributed by atoms with E-state index in [-0.39, 0.29) is 34.2 Å². The van der Waals surface area contributed by atoms with Crippen LogP contribution in [-0.2, 0) is 4.79 Å². The average molecular weight is 489 g/mol. The van der Waals surface area contributed by atoms with Crippen molar-refractivity contribution in [1.82, 2.24) is 0 Å². The molecule has 0 aromatic carbocycles. The lowest BCUT2D eigenvalue weighted by Gasteiger charge is -2.72. The van der Waals surface area contributed by atoms with Crippen LogP contribution in [0.15, 0.2) is 11.6 Å². The molecule has 4 fully saturated rings. The number of aliphatic hydroxyl groups is 4. The lowest BCUT2D eigenvalue weighted by molar-refractivity contribution is -0.253. The van der Waals surface area contributed by atoms with Crippen LogP contribution in [0.2, 0.25) is 0 Å². The molecule has 5 heteroatoms. The van der Waals surface area contributed by atoms with Gasteiger partial charge in [-0.05, 0) is 77.9 Å². The molecule has 4 saturated carbocycles. The smallest absolute Gasteiger partial charge is 0.138 e. The van der Waals surface area contributed by atoms with Gasteiger partial charge in [0, 0.05) is 11.8 Å². The third kappa shape index (κ3) is 2.88. The number of Topliss-reactive ketones (excluding diaryl/α,β-unsaturated/α-hetero) is 1. The molecule has 0 saturated heterocycles. The number of allylic oxidation sites excluding steroid dienone is 2. The van der Waals surface area contributed by atoms with Gasteiger partial charge < -0.3 is 20.4 Å². The molecule has 0 aromatic rings. The van der Waals surface area contributed by atoms with Crippen LogP contribution < -0.4 is 0 Å². The van der Waals surface area contributed by atoms with Gasteiger partial charge >= 0.3 is 0 Å². The van der Waals surface area contributed by atoms with Crippen molar-refractivity contribution < 1.29 is 25.2 Å². The summed E-state index contributed by atoms with van der Waals surface area (Å²) in [6.45, 7) is 15.1. The molecule has 35 heavy (non-hydrogen) atoms. The second kappa shape index (κ2) is 7.42. The first-order chi connectivity index (χ1) is 16.0. The van der Waals surface area contributed by atoms with Gasteiger partial charge in [-0.3, -0.25) is 4.79 Å². The molecule has 5 aliphatic carbocycles. The highest BCUT2D eigenvalue weighted by Crippen LogP contribution is 2.75. The van der Waals surface area contributed by atoms with Gasteiger partial charge in [0.2, 0.25) is 0 Å². The Hall–Kier alpha value is -0.750. The van der Waals surface area contributed by atoms with E-state index in [0.29, 0.717) is 36.9 Å². The quantitative estimate of drug-likeness (QED) is 0.414. The van der Waals surface area contributed by atoms with Gasteiger partial charge in [-0.15, -0.1) is 0 Å². The molecule has 0 aliphatic heterocycles. The van der Waals surface area contributed by atoms with Gasteiger partial charge in [-0.25, -0.2) is 0 Å². The van der Waals surface area contributed by atoms with Crippen molar-refractivity contribution in [2.45, 2.75) is 112 Å². The number of carbonyl (C=O) groups excluding carboxylic acids is 1. The zero-order valence-corrected chi connectivity index (χ0v) is 22.9. The molecule has 5 rings (SSSR count). The van der Waals surface area contributed by atoms with Crippen LogP contribution in [0.1, 0.15) is 93.4 Å². The predicted molar refractivity (Wildman–Crippen MR) is 135 cm³/mol. The summed E-state index contributed by atoms with van der Waals surface area (Å²) in [6.07, 6.45) is 5.00. The molecule has 198 valence electrons. The first kappa shape index (κ1) is 25.9. The largest absolute Gasteiger partial charge is 0.396 e. The van der Waals surface area contributed by atoms with Crippen LogP contribution in [0.3, 0.4) is 0 Å². The van der Waals surface area contributed by atoms with E-state index in [9.17, 15) is 25.2 Å². The van der Waals surface area contributed by atoms with E-state index < -0.39 is 29.1 Å². The summed E-state index contributed by atoms with van der Waals surface area (Å²) in [7, 11) is 0. The van der Waals surface area contributed by atoms with E-state index in [0.717, 1.165) is 25.7 Å². The molecule has 0 spiro atoms. The molecular weight excluding hydrogens is 440 g/mol. The summed E-state index contributed by atoms with van der Waals surface area (Å²) in [4.78, 5) is 12.9.